The summed E-state index contributed by atoms with van der Waals surface area (Å²) < 4.78 is 97.4. The molecule has 1 unspecified atom stereocenters. The Hall–Kier alpha value is -1.52. The van der Waals surface area contributed by atoms with E-state index in [-0.39, 0.29) is 28.9 Å². The topological polar surface area (TPSA) is 195 Å². The number of aliphatic hydroxyl groups is 1. The second kappa shape index (κ2) is 7.72. The first kappa shape index (κ1) is 22.8. The monoisotopic (exact) mass is 475 g/mol. The number of alkyl halides is 1. The largest absolute Gasteiger partial charge is 0.390 e. The van der Waals surface area contributed by atoms with Gasteiger partial charge < -0.3 is 10.4 Å². The molecule has 0 aliphatic heterocycles. The van der Waals surface area contributed by atoms with Crippen molar-refractivity contribution in [2.24, 2.45) is 0 Å². The minimum Gasteiger partial charge on any atom is -0.390 e. The molecule has 11 nitrogen and oxygen atoms in total. The quantitative estimate of drug-likeness (QED) is 0.277. The molecule has 15 heteroatoms. The summed E-state index contributed by atoms with van der Waals surface area (Å²) in [4.78, 5) is -2.62. The molecule has 2 aromatic carbocycles. The highest BCUT2D eigenvalue weighted by Gasteiger charge is 2.24. The summed E-state index contributed by atoms with van der Waals surface area (Å²) in [6, 6.07) is 2.89. The third-order valence-electron chi connectivity index (χ3n) is 3.55. The van der Waals surface area contributed by atoms with Gasteiger partial charge in [0.25, 0.3) is 30.4 Å². The van der Waals surface area contributed by atoms with Crippen molar-refractivity contribution in [3.05, 3.63) is 24.3 Å². The van der Waals surface area contributed by atoms with Gasteiger partial charge in [0, 0.05) is 11.9 Å². The van der Waals surface area contributed by atoms with E-state index in [1.807, 2.05) is 0 Å². The number of anilines is 1. The van der Waals surface area contributed by atoms with Gasteiger partial charge in [0.2, 0.25) is 0 Å². The van der Waals surface area contributed by atoms with Crippen LogP contribution in [0.15, 0.2) is 39.0 Å². The Morgan fingerprint density at radius 1 is 0.857 bits per heavy atom. The highest BCUT2D eigenvalue weighted by atomic mass is 35.5. The second-order valence-corrected chi connectivity index (χ2v) is 10.1. The molecule has 0 spiro atoms. The molecule has 0 aliphatic carbocycles. The summed E-state index contributed by atoms with van der Waals surface area (Å²) in [6.07, 6.45) is -1.12. The van der Waals surface area contributed by atoms with E-state index in [9.17, 15) is 44.0 Å². The van der Waals surface area contributed by atoms with E-state index in [1.165, 1.54) is 0 Å². The fraction of sp³-hybridized carbons (Fsp3) is 0.231. The molecule has 0 aromatic heterocycles. The van der Waals surface area contributed by atoms with Gasteiger partial charge in [-0.25, -0.2) is 0 Å². The van der Waals surface area contributed by atoms with Crippen molar-refractivity contribution < 1.29 is 44.0 Å². The molecule has 1 atom stereocenters. The Bertz CT molecular complexity index is 1240. The number of hydrogen-bond acceptors (Lipinski definition) is 8. The first-order valence-corrected chi connectivity index (χ1v) is 12.0. The van der Waals surface area contributed by atoms with E-state index in [4.69, 9.17) is 11.6 Å². The third-order valence-corrected chi connectivity index (χ3v) is 6.52. The Labute approximate surface area is 165 Å². The minimum atomic E-state index is -5.00. The molecule has 0 amide bonds. The SMILES string of the molecule is O=S(=O)(O)c1cc(S(=O)(=O)O)c2cc(NCC(O)CCl)c(S(=O)(=O)O)cc2c1. The maximum absolute atomic E-state index is 11.7. The summed E-state index contributed by atoms with van der Waals surface area (Å²) in [5.41, 5.74) is -0.344. The van der Waals surface area contributed by atoms with Crippen LogP contribution in [0, 0.1) is 0 Å². The molecular weight excluding hydrogens is 462 g/mol. The number of rotatable bonds is 7. The zero-order chi connectivity index (χ0) is 21.5. The summed E-state index contributed by atoms with van der Waals surface area (Å²) in [5.74, 6) is -0.213. The van der Waals surface area contributed by atoms with Gasteiger partial charge in [-0.2, -0.15) is 25.3 Å². The summed E-state index contributed by atoms with van der Waals surface area (Å²) in [7, 11) is -14.8. The lowest BCUT2D eigenvalue weighted by molar-refractivity contribution is 0.211. The van der Waals surface area contributed by atoms with Crippen LogP contribution in [0.1, 0.15) is 0 Å². The van der Waals surface area contributed by atoms with Crippen LogP contribution in [-0.2, 0) is 30.4 Å². The van der Waals surface area contributed by atoms with Crippen molar-refractivity contribution >= 4 is 58.4 Å². The minimum absolute atomic E-state index is 0.213. The molecule has 156 valence electrons. The lowest BCUT2D eigenvalue weighted by atomic mass is 10.1. The lowest BCUT2D eigenvalue weighted by Gasteiger charge is -2.15. The number of halogens is 1. The number of aliphatic hydroxyl groups excluding tert-OH is 1. The van der Waals surface area contributed by atoms with Crippen molar-refractivity contribution in [2.45, 2.75) is 20.8 Å². The molecule has 0 aliphatic rings. The maximum atomic E-state index is 11.7. The Morgan fingerprint density at radius 2 is 1.43 bits per heavy atom. The molecule has 2 aromatic rings. The van der Waals surface area contributed by atoms with Gasteiger partial charge in [-0.05, 0) is 29.7 Å². The van der Waals surface area contributed by atoms with E-state index in [0.717, 1.165) is 18.2 Å². The molecule has 0 heterocycles. The first-order valence-electron chi connectivity index (χ1n) is 7.17. The van der Waals surface area contributed by atoms with E-state index < -0.39 is 51.1 Å². The lowest BCUT2D eigenvalue weighted by Crippen LogP contribution is -2.21. The van der Waals surface area contributed by atoms with Crippen molar-refractivity contribution in [3.8, 4) is 0 Å². The van der Waals surface area contributed by atoms with Gasteiger partial charge in [-0.1, -0.05) is 0 Å². The van der Waals surface area contributed by atoms with Gasteiger partial charge in [-0.15, -0.1) is 11.6 Å². The van der Waals surface area contributed by atoms with E-state index in [1.54, 1.807) is 0 Å². The van der Waals surface area contributed by atoms with Gasteiger partial charge in [0.05, 0.1) is 22.6 Å². The zero-order valence-corrected chi connectivity index (χ0v) is 16.8. The molecular formula is C13H14ClNO10S3. The van der Waals surface area contributed by atoms with Crippen molar-refractivity contribution in [1.29, 1.82) is 0 Å². The normalized spacial score (nSPS) is 14.2. The molecule has 5 N–H and O–H groups in total. The molecule has 0 fully saturated rings. The predicted octanol–water partition coefficient (Wildman–Crippen LogP) is 0.591. The second-order valence-electron chi connectivity index (χ2n) is 5.61. The van der Waals surface area contributed by atoms with E-state index >= 15 is 0 Å². The number of benzene rings is 2. The van der Waals surface area contributed by atoms with Crippen LogP contribution in [0.5, 0.6) is 0 Å². The van der Waals surface area contributed by atoms with E-state index in [0.29, 0.717) is 6.07 Å². The van der Waals surface area contributed by atoms with Crippen molar-refractivity contribution in [1.82, 2.24) is 0 Å². The molecule has 0 saturated heterocycles. The standard InChI is InChI=1S/C13H14ClNO10S3/c14-5-8(16)6-15-11-4-10-7(2-13(11)28(23,24)25)1-9(26(17,18)19)3-12(10)27(20,21)22/h1-4,8,15-16H,5-6H2,(H,17,18,19)(H,20,21,22)(H,23,24,25). The van der Waals surface area contributed by atoms with Crippen LogP contribution >= 0.6 is 11.6 Å². The van der Waals surface area contributed by atoms with Crippen LogP contribution in [0.4, 0.5) is 5.69 Å². The summed E-state index contributed by atoms with van der Waals surface area (Å²) >= 11 is 5.44. The molecule has 0 radical (unpaired) electrons. The fourth-order valence-corrected chi connectivity index (χ4v) is 4.47. The number of hydrogen-bond donors (Lipinski definition) is 5. The molecule has 0 bridgehead atoms. The predicted molar refractivity (Wildman–Crippen MR) is 98.6 cm³/mol. The summed E-state index contributed by atoms with van der Waals surface area (Å²) in [6.45, 7) is -0.276. The van der Waals surface area contributed by atoms with Gasteiger partial charge in [0.1, 0.15) is 9.79 Å². The average molecular weight is 476 g/mol. The fourth-order valence-electron chi connectivity index (χ4n) is 2.33. The van der Waals surface area contributed by atoms with Crippen LogP contribution in [0.2, 0.25) is 0 Å². The molecule has 28 heavy (non-hydrogen) atoms. The van der Waals surface area contributed by atoms with Crippen LogP contribution in [0.25, 0.3) is 10.8 Å². The van der Waals surface area contributed by atoms with Crippen LogP contribution in [-0.4, -0.2) is 62.5 Å². The van der Waals surface area contributed by atoms with Crippen molar-refractivity contribution in [3.63, 3.8) is 0 Å². The molecule has 0 saturated carbocycles. The number of nitrogens with one attached hydrogen (secondary N) is 1. The smallest absolute Gasteiger partial charge is 0.296 e. The van der Waals surface area contributed by atoms with Crippen LogP contribution < -0.4 is 5.32 Å². The first-order chi connectivity index (χ1) is 12.6. The van der Waals surface area contributed by atoms with Gasteiger partial charge in [-0.3, -0.25) is 13.7 Å². The number of fused-ring (bicyclic) bond motifs is 1. The highest BCUT2D eigenvalue weighted by molar-refractivity contribution is 7.87. The summed E-state index contributed by atoms with van der Waals surface area (Å²) in [5, 5.41) is 11.3. The Kier molecular flexibility index (Phi) is 6.28. The molecule has 2 rings (SSSR count). The van der Waals surface area contributed by atoms with Crippen LogP contribution in [0.3, 0.4) is 0 Å². The Balaban J connectivity index is 2.92. The van der Waals surface area contributed by atoms with Gasteiger partial charge in [0.15, 0.2) is 0 Å². The zero-order valence-electron chi connectivity index (χ0n) is 13.6. The maximum Gasteiger partial charge on any atom is 0.296 e. The Morgan fingerprint density at radius 3 is 1.89 bits per heavy atom. The third kappa shape index (κ3) is 5.09. The van der Waals surface area contributed by atoms with Gasteiger partial charge >= 0.3 is 0 Å². The average Bonchev–Trinajstić information content (AvgIpc) is 2.55. The highest BCUT2D eigenvalue weighted by Crippen LogP contribution is 2.33. The van der Waals surface area contributed by atoms with Crippen molar-refractivity contribution in [2.75, 3.05) is 17.7 Å². The van der Waals surface area contributed by atoms with E-state index in [2.05, 4.69) is 5.32 Å².